The van der Waals surface area contributed by atoms with Gasteiger partial charge in [-0.25, -0.2) is 4.39 Å². The zero-order valence-corrected chi connectivity index (χ0v) is 8.57. The number of aliphatic hydroxyl groups excluding tert-OH is 1. The molecule has 0 fully saturated rings. The summed E-state index contributed by atoms with van der Waals surface area (Å²) in [6, 6.07) is 6.70. The Kier molecular flexibility index (Phi) is 4.04. The molecule has 2 nitrogen and oxygen atoms in total. The van der Waals surface area contributed by atoms with Crippen molar-refractivity contribution in [1.82, 2.24) is 4.90 Å². The molecule has 0 spiro atoms. The van der Waals surface area contributed by atoms with Crippen molar-refractivity contribution < 1.29 is 9.50 Å². The highest BCUT2D eigenvalue weighted by atomic mass is 19.1. The third-order valence-corrected chi connectivity index (χ3v) is 1.97. The standard InChI is InChI=1S/C11H16FNO/c1-9(14)7-13(2)8-10-5-3-4-6-11(10)12/h3-6,9,14H,7-8H2,1-2H3/t9-/m0/s1. The average Bonchev–Trinajstić information content (AvgIpc) is 2.07. The van der Waals surface area contributed by atoms with Crippen molar-refractivity contribution in [2.75, 3.05) is 13.6 Å². The Morgan fingerprint density at radius 1 is 1.43 bits per heavy atom. The minimum atomic E-state index is -0.383. The monoisotopic (exact) mass is 197 g/mol. The lowest BCUT2D eigenvalue weighted by Gasteiger charge is -2.18. The number of hydrogen-bond acceptors (Lipinski definition) is 2. The highest BCUT2D eigenvalue weighted by Gasteiger charge is 2.06. The summed E-state index contributed by atoms with van der Waals surface area (Å²) < 4.78 is 13.2. The van der Waals surface area contributed by atoms with Gasteiger partial charge in [0.1, 0.15) is 5.82 Å². The van der Waals surface area contributed by atoms with Gasteiger partial charge in [-0.15, -0.1) is 0 Å². The Morgan fingerprint density at radius 3 is 2.64 bits per heavy atom. The van der Waals surface area contributed by atoms with Gasteiger partial charge in [0.05, 0.1) is 6.10 Å². The molecule has 0 aliphatic rings. The smallest absolute Gasteiger partial charge is 0.127 e. The van der Waals surface area contributed by atoms with Crippen LogP contribution in [0, 0.1) is 5.82 Å². The van der Waals surface area contributed by atoms with Gasteiger partial charge in [-0.2, -0.15) is 0 Å². The topological polar surface area (TPSA) is 23.5 Å². The zero-order chi connectivity index (χ0) is 10.6. The number of benzene rings is 1. The van der Waals surface area contributed by atoms with E-state index in [4.69, 9.17) is 5.11 Å². The first-order valence-electron chi connectivity index (χ1n) is 4.69. The van der Waals surface area contributed by atoms with E-state index in [9.17, 15) is 4.39 Å². The number of aliphatic hydroxyl groups is 1. The fraction of sp³-hybridized carbons (Fsp3) is 0.455. The van der Waals surface area contributed by atoms with Gasteiger partial charge in [-0.3, -0.25) is 4.90 Å². The number of rotatable bonds is 4. The lowest BCUT2D eigenvalue weighted by atomic mass is 10.2. The average molecular weight is 197 g/mol. The fourth-order valence-corrected chi connectivity index (χ4v) is 1.43. The molecule has 0 bridgehead atoms. The molecule has 0 aromatic heterocycles. The van der Waals surface area contributed by atoms with Crippen molar-refractivity contribution in [1.29, 1.82) is 0 Å². The van der Waals surface area contributed by atoms with E-state index in [0.29, 0.717) is 18.7 Å². The van der Waals surface area contributed by atoms with Crippen LogP contribution in [0.5, 0.6) is 0 Å². The van der Waals surface area contributed by atoms with E-state index >= 15 is 0 Å². The minimum Gasteiger partial charge on any atom is -0.392 e. The molecule has 14 heavy (non-hydrogen) atoms. The van der Waals surface area contributed by atoms with E-state index in [1.54, 1.807) is 19.1 Å². The van der Waals surface area contributed by atoms with Crippen molar-refractivity contribution >= 4 is 0 Å². The van der Waals surface area contributed by atoms with Crippen molar-refractivity contribution in [2.24, 2.45) is 0 Å². The molecule has 0 amide bonds. The Balaban J connectivity index is 2.56. The zero-order valence-electron chi connectivity index (χ0n) is 8.57. The summed E-state index contributed by atoms with van der Waals surface area (Å²) in [5, 5.41) is 9.13. The van der Waals surface area contributed by atoms with Crippen molar-refractivity contribution in [3.63, 3.8) is 0 Å². The third kappa shape index (κ3) is 3.44. The second-order valence-corrected chi connectivity index (χ2v) is 3.64. The molecule has 3 heteroatoms. The van der Waals surface area contributed by atoms with Gasteiger partial charge < -0.3 is 5.11 Å². The lowest BCUT2D eigenvalue weighted by molar-refractivity contribution is 0.137. The van der Waals surface area contributed by atoms with E-state index in [1.807, 2.05) is 18.0 Å². The van der Waals surface area contributed by atoms with Gasteiger partial charge in [-0.1, -0.05) is 18.2 Å². The van der Waals surface area contributed by atoms with Gasteiger partial charge in [-0.05, 0) is 20.0 Å². The van der Waals surface area contributed by atoms with Crippen LogP contribution in [0.25, 0.3) is 0 Å². The van der Waals surface area contributed by atoms with Crippen LogP contribution in [0.3, 0.4) is 0 Å². The molecule has 1 rings (SSSR count). The molecule has 0 unspecified atom stereocenters. The molecular weight excluding hydrogens is 181 g/mol. The summed E-state index contributed by atoms with van der Waals surface area (Å²) in [6.07, 6.45) is -0.383. The minimum absolute atomic E-state index is 0.190. The molecule has 1 aromatic carbocycles. The molecule has 1 N–H and O–H groups in total. The Morgan fingerprint density at radius 2 is 2.07 bits per heavy atom. The van der Waals surface area contributed by atoms with Crippen LogP contribution in [0.1, 0.15) is 12.5 Å². The summed E-state index contributed by atoms with van der Waals surface area (Å²) in [6.45, 7) is 2.80. The van der Waals surface area contributed by atoms with Crippen molar-refractivity contribution in [3.8, 4) is 0 Å². The number of nitrogens with zero attached hydrogens (tertiary/aromatic N) is 1. The van der Waals surface area contributed by atoms with Crippen LogP contribution in [0.4, 0.5) is 4.39 Å². The first-order chi connectivity index (χ1) is 6.59. The summed E-state index contributed by atoms with van der Waals surface area (Å²) >= 11 is 0. The van der Waals surface area contributed by atoms with Gasteiger partial charge in [0.15, 0.2) is 0 Å². The maximum Gasteiger partial charge on any atom is 0.127 e. The molecule has 0 heterocycles. The van der Waals surface area contributed by atoms with Crippen LogP contribution in [0.2, 0.25) is 0 Å². The molecule has 78 valence electrons. The first kappa shape index (κ1) is 11.1. The summed E-state index contributed by atoms with van der Waals surface area (Å²) in [5.41, 5.74) is 0.663. The Bertz CT molecular complexity index is 288. The van der Waals surface area contributed by atoms with Crippen LogP contribution < -0.4 is 0 Å². The molecule has 1 atom stereocenters. The second kappa shape index (κ2) is 5.08. The van der Waals surface area contributed by atoms with Crippen LogP contribution >= 0.6 is 0 Å². The van der Waals surface area contributed by atoms with E-state index < -0.39 is 0 Å². The second-order valence-electron chi connectivity index (χ2n) is 3.64. The van der Waals surface area contributed by atoms with Gasteiger partial charge in [0.25, 0.3) is 0 Å². The Hall–Kier alpha value is -0.930. The maximum atomic E-state index is 13.2. The summed E-state index contributed by atoms with van der Waals surface area (Å²) in [7, 11) is 1.86. The maximum absolute atomic E-state index is 13.2. The van der Waals surface area contributed by atoms with E-state index in [2.05, 4.69) is 0 Å². The molecule has 0 radical (unpaired) electrons. The molecule has 0 aliphatic heterocycles. The number of halogens is 1. The molecule has 0 saturated carbocycles. The quantitative estimate of drug-likeness (QED) is 0.793. The van der Waals surface area contributed by atoms with E-state index in [1.165, 1.54) is 6.07 Å². The lowest BCUT2D eigenvalue weighted by Crippen LogP contribution is -2.27. The van der Waals surface area contributed by atoms with Gasteiger partial charge in [0.2, 0.25) is 0 Å². The number of likely N-dealkylation sites (N-methyl/N-ethyl adjacent to an activating group) is 1. The largest absolute Gasteiger partial charge is 0.392 e. The third-order valence-electron chi connectivity index (χ3n) is 1.97. The molecule has 0 saturated heterocycles. The van der Waals surface area contributed by atoms with Crippen LogP contribution in [-0.2, 0) is 6.54 Å². The molecular formula is C11H16FNO. The summed E-state index contributed by atoms with van der Waals surface area (Å²) in [4.78, 5) is 1.89. The summed E-state index contributed by atoms with van der Waals surface area (Å²) in [5.74, 6) is -0.190. The van der Waals surface area contributed by atoms with Crippen LogP contribution in [-0.4, -0.2) is 29.7 Å². The Labute approximate surface area is 84.0 Å². The molecule has 0 aliphatic carbocycles. The first-order valence-corrected chi connectivity index (χ1v) is 4.69. The van der Waals surface area contributed by atoms with Gasteiger partial charge >= 0.3 is 0 Å². The normalized spacial score (nSPS) is 13.2. The predicted octanol–water partition coefficient (Wildman–Crippen LogP) is 1.64. The van der Waals surface area contributed by atoms with E-state index in [-0.39, 0.29) is 11.9 Å². The highest BCUT2D eigenvalue weighted by molar-refractivity contribution is 5.16. The van der Waals surface area contributed by atoms with Crippen molar-refractivity contribution in [3.05, 3.63) is 35.6 Å². The fourth-order valence-electron chi connectivity index (χ4n) is 1.43. The van der Waals surface area contributed by atoms with Crippen molar-refractivity contribution in [2.45, 2.75) is 19.6 Å². The molecule has 1 aromatic rings. The van der Waals surface area contributed by atoms with Crippen LogP contribution in [0.15, 0.2) is 24.3 Å². The van der Waals surface area contributed by atoms with E-state index in [0.717, 1.165) is 0 Å². The highest BCUT2D eigenvalue weighted by Crippen LogP contribution is 2.08. The van der Waals surface area contributed by atoms with Gasteiger partial charge in [0, 0.05) is 18.7 Å². The SMILES string of the molecule is C[C@H](O)CN(C)Cc1ccccc1F. The predicted molar refractivity (Wildman–Crippen MR) is 54.4 cm³/mol. The number of hydrogen-bond donors (Lipinski definition) is 1.